The van der Waals surface area contributed by atoms with Crippen LogP contribution in [-0.4, -0.2) is 37.5 Å². The first-order valence-electron chi connectivity index (χ1n) is 7.31. The third-order valence-corrected chi connectivity index (χ3v) is 4.22. The lowest BCUT2D eigenvalue weighted by Crippen LogP contribution is -2.19. The van der Waals surface area contributed by atoms with Gasteiger partial charge in [0.05, 0.1) is 12.7 Å². The van der Waals surface area contributed by atoms with E-state index in [1.165, 1.54) is 32.1 Å². The van der Waals surface area contributed by atoms with Crippen LogP contribution in [0, 0.1) is 11.8 Å². The zero-order valence-corrected chi connectivity index (χ0v) is 10.9. The highest BCUT2D eigenvalue weighted by Crippen LogP contribution is 2.28. The second-order valence-corrected chi connectivity index (χ2v) is 5.76. The molecule has 0 spiro atoms. The van der Waals surface area contributed by atoms with Gasteiger partial charge in [0.1, 0.15) is 0 Å². The van der Waals surface area contributed by atoms with Crippen LogP contribution in [0.1, 0.15) is 44.9 Å². The smallest absolute Gasteiger partial charge is 0.0776 e. The fraction of sp³-hybridized carbons (Fsp3) is 1.00. The standard InChI is InChI=1S/C14H27NO2/c16-14(9-12-3-1-2-4-12)11-17-8-6-13-5-7-15-10-13/h12-16H,1-11H2. The summed E-state index contributed by atoms with van der Waals surface area (Å²) in [4.78, 5) is 0. The molecule has 17 heavy (non-hydrogen) atoms. The summed E-state index contributed by atoms with van der Waals surface area (Å²) < 4.78 is 5.59. The molecule has 1 saturated carbocycles. The van der Waals surface area contributed by atoms with Gasteiger partial charge in [-0.25, -0.2) is 0 Å². The summed E-state index contributed by atoms with van der Waals surface area (Å²) in [6, 6.07) is 0. The molecule has 0 bridgehead atoms. The molecule has 2 N–H and O–H groups in total. The normalized spacial score (nSPS) is 27.7. The lowest BCUT2D eigenvalue weighted by atomic mass is 10.0. The van der Waals surface area contributed by atoms with E-state index in [1.807, 2.05) is 0 Å². The molecule has 2 rings (SSSR count). The molecule has 2 fully saturated rings. The maximum Gasteiger partial charge on any atom is 0.0776 e. The van der Waals surface area contributed by atoms with Crippen LogP contribution in [0.25, 0.3) is 0 Å². The molecule has 2 atom stereocenters. The molecule has 100 valence electrons. The van der Waals surface area contributed by atoms with Crippen molar-refractivity contribution < 1.29 is 9.84 Å². The summed E-state index contributed by atoms with van der Waals surface area (Å²) in [5.74, 6) is 1.55. The van der Waals surface area contributed by atoms with Gasteiger partial charge in [0.15, 0.2) is 0 Å². The van der Waals surface area contributed by atoms with E-state index >= 15 is 0 Å². The van der Waals surface area contributed by atoms with Crippen molar-refractivity contribution in [3.63, 3.8) is 0 Å². The first kappa shape index (κ1) is 13.3. The molecule has 1 saturated heterocycles. The Morgan fingerprint density at radius 2 is 2.00 bits per heavy atom. The number of ether oxygens (including phenoxy) is 1. The lowest BCUT2D eigenvalue weighted by molar-refractivity contribution is 0.0204. The minimum Gasteiger partial charge on any atom is -0.391 e. The molecule has 0 amide bonds. The van der Waals surface area contributed by atoms with E-state index in [0.717, 1.165) is 44.4 Å². The number of hydrogen-bond acceptors (Lipinski definition) is 3. The van der Waals surface area contributed by atoms with Crippen molar-refractivity contribution in [2.45, 2.75) is 51.0 Å². The van der Waals surface area contributed by atoms with E-state index in [0.29, 0.717) is 6.61 Å². The van der Waals surface area contributed by atoms with E-state index in [-0.39, 0.29) is 6.10 Å². The molecule has 1 aliphatic heterocycles. The van der Waals surface area contributed by atoms with Gasteiger partial charge in [0.25, 0.3) is 0 Å². The summed E-state index contributed by atoms with van der Waals surface area (Å²) >= 11 is 0. The molecule has 1 aliphatic carbocycles. The highest BCUT2D eigenvalue weighted by atomic mass is 16.5. The molecule has 3 heteroatoms. The third-order valence-electron chi connectivity index (χ3n) is 4.22. The van der Waals surface area contributed by atoms with Crippen LogP contribution in [0.5, 0.6) is 0 Å². The Bertz CT molecular complexity index is 198. The second kappa shape index (κ2) is 7.34. The van der Waals surface area contributed by atoms with E-state index < -0.39 is 0 Å². The van der Waals surface area contributed by atoms with Gasteiger partial charge in [-0.3, -0.25) is 0 Å². The predicted molar refractivity (Wildman–Crippen MR) is 69.0 cm³/mol. The number of nitrogens with one attached hydrogen (secondary N) is 1. The average Bonchev–Trinajstić information content (AvgIpc) is 2.96. The zero-order chi connectivity index (χ0) is 11.9. The fourth-order valence-electron chi connectivity index (χ4n) is 3.13. The van der Waals surface area contributed by atoms with Crippen LogP contribution < -0.4 is 5.32 Å². The topological polar surface area (TPSA) is 41.5 Å². The number of hydrogen-bond donors (Lipinski definition) is 2. The van der Waals surface area contributed by atoms with Gasteiger partial charge in [-0.2, -0.15) is 0 Å². The monoisotopic (exact) mass is 241 g/mol. The summed E-state index contributed by atoms with van der Waals surface area (Å²) in [6.45, 7) is 3.66. The van der Waals surface area contributed by atoms with Crippen LogP contribution in [0.3, 0.4) is 0 Å². The van der Waals surface area contributed by atoms with Crippen molar-refractivity contribution >= 4 is 0 Å². The molecular weight excluding hydrogens is 214 g/mol. The Hall–Kier alpha value is -0.120. The van der Waals surface area contributed by atoms with Gasteiger partial charge in [-0.05, 0) is 44.2 Å². The van der Waals surface area contributed by atoms with Crippen LogP contribution in [0.4, 0.5) is 0 Å². The largest absolute Gasteiger partial charge is 0.391 e. The highest BCUT2D eigenvalue weighted by molar-refractivity contribution is 4.72. The van der Waals surface area contributed by atoms with Crippen molar-refractivity contribution in [3.05, 3.63) is 0 Å². The van der Waals surface area contributed by atoms with Crippen LogP contribution in [-0.2, 0) is 4.74 Å². The first-order chi connectivity index (χ1) is 8.34. The molecular formula is C14H27NO2. The fourth-order valence-corrected chi connectivity index (χ4v) is 3.13. The molecule has 2 aliphatic rings. The number of aliphatic hydroxyl groups is 1. The Morgan fingerprint density at radius 3 is 2.71 bits per heavy atom. The summed E-state index contributed by atoms with van der Waals surface area (Å²) in [7, 11) is 0. The Morgan fingerprint density at radius 1 is 1.18 bits per heavy atom. The minimum absolute atomic E-state index is 0.236. The first-order valence-corrected chi connectivity index (χ1v) is 7.31. The molecule has 1 heterocycles. The maximum absolute atomic E-state index is 9.86. The minimum atomic E-state index is -0.236. The molecule has 0 aromatic carbocycles. The SMILES string of the molecule is OC(COCCC1CCNC1)CC1CCCC1. The predicted octanol–water partition coefficient (Wildman–Crippen LogP) is 1.94. The summed E-state index contributed by atoms with van der Waals surface area (Å²) in [6.07, 6.45) is 8.47. The van der Waals surface area contributed by atoms with Gasteiger partial charge in [0.2, 0.25) is 0 Å². The molecule has 0 aromatic heterocycles. The van der Waals surface area contributed by atoms with Gasteiger partial charge in [-0.15, -0.1) is 0 Å². The maximum atomic E-state index is 9.86. The van der Waals surface area contributed by atoms with Crippen molar-refractivity contribution in [2.75, 3.05) is 26.3 Å². The van der Waals surface area contributed by atoms with Gasteiger partial charge < -0.3 is 15.2 Å². The van der Waals surface area contributed by atoms with Gasteiger partial charge >= 0.3 is 0 Å². The summed E-state index contributed by atoms with van der Waals surface area (Å²) in [5, 5.41) is 13.2. The Balaban J connectivity index is 1.46. The number of rotatable bonds is 7. The van der Waals surface area contributed by atoms with Crippen LogP contribution in [0.2, 0.25) is 0 Å². The van der Waals surface area contributed by atoms with E-state index in [9.17, 15) is 5.11 Å². The molecule has 0 radical (unpaired) electrons. The Labute approximate surface area is 105 Å². The van der Waals surface area contributed by atoms with E-state index in [1.54, 1.807) is 0 Å². The quantitative estimate of drug-likeness (QED) is 0.669. The zero-order valence-electron chi connectivity index (χ0n) is 10.9. The average molecular weight is 241 g/mol. The Kier molecular flexibility index (Phi) is 5.75. The van der Waals surface area contributed by atoms with Crippen LogP contribution in [0.15, 0.2) is 0 Å². The third kappa shape index (κ3) is 4.94. The lowest BCUT2D eigenvalue weighted by Gasteiger charge is -2.16. The molecule has 3 nitrogen and oxygen atoms in total. The second-order valence-electron chi connectivity index (χ2n) is 5.76. The highest BCUT2D eigenvalue weighted by Gasteiger charge is 2.19. The number of aliphatic hydroxyl groups excluding tert-OH is 1. The van der Waals surface area contributed by atoms with Crippen molar-refractivity contribution in [1.29, 1.82) is 0 Å². The van der Waals surface area contributed by atoms with Crippen molar-refractivity contribution in [2.24, 2.45) is 11.8 Å². The van der Waals surface area contributed by atoms with Gasteiger partial charge in [-0.1, -0.05) is 25.7 Å². The van der Waals surface area contributed by atoms with Crippen molar-refractivity contribution in [1.82, 2.24) is 5.32 Å². The molecule has 0 aromatic rings. The van der Waals surface area contributed by atoms with E-state index in [4.69, 9.17) is 4.74 Å². The van der Waals surface area contributed by atoms with Gasteiger partial charge in [0, 0.05) is 6.61 Å². The summed E-state index contributed by atoms with van der Waals surface area (Å²) in [5.41, 5.74) is 0. The van der Waals surface area contributed by atoms with Crippen molar-refractivity contribution in [3.8, 4) is 0 Å². The molecule has 2 unspecified atom stereocenters. The van der Waals surface area contributed by atoms with E-state index in [2.05, 4.69) is 5.32 Å². The van der Waals surface area contributed by atoms with Crippen LogP contribution >= 0.6 is 0 Å².